The molecular formula is C61H117NO3. The van der Waals surface area contributed by atoms with Gasteiger partial charge < -0.3 is 15.5 Å². The minimum atomic E-state index is -0.835. The summed E-state index contributed by atoms with van der Waals surface area (Å²) in [5.41, 5.74) is 0. The van der Waals surface area contributed by atoms with Crippen molar-refractivity contribution >= 4 is 5.91 Å². The number of rotatable bonds is 55. The smallest absolute Gasteiger partial charge is 0.220 e. The molecule has 0 aromatic carbocycles. The molecule has 384 valence electrons. The maximum absolute atomic E-state index is 12.4. The van der Waals surface area contributed by atoms with Gasteiger partial charge in [-0.05, 0) is 51.4 Å². The fourth-order valence-electron chi connectivity index (χ4n) is 9.33. The van der Waals surface area contributed by atoms with Crippen molar-refractivity contribution in [2.24, 2.45) is 0 Å². The summed E-state index contributed by atoms with van der Waals surface area (Å²) in [6, 6.07) is -0.618. The number of aliphatic hydroxyl groups is 2. The van der Waals surface area contributed by atoms with Crippen LogP contribution in [0.15, 0.2) is 36.5 Å². The molecule has 0 aromatic heterocycles. The van der Waals surface area contributed by atoms with Gasteiger partial charge >= 0.3 is 0 Å². The first-order chi connectivity index (χ1) is 32.2. The highest BCUT2D eigenvalue weighted by atomic mass is 16.3. The molecule has 3 N–H and O–H groups in total. The molecule has 0 aromatic rings. The lowest BCUT2D eigenvalue weighted by molar-refractivity contribution is -0.123. The van der Waals surface area contributed by atoms with Gasteiger partial charge in [-0.25, -0.2) is 0 Å². The van der Waals surface area contributed by atoms with Crippen molar-refractivity contribution in [3.63, 3.8) is 0 Å². The van der Waals surface area contributed by atoms with Crippen molar-refractivity contribution in [2.45, 2.75) is 341 Å². The van der Waals surface area contributed by atoms with Crippen LogP contribution in [0, 0.1) is 0 Å². The van der Waals surface area contributed by atoms with Crippen molar-refractivity contribution < 1.29 is 15.0 Å². The lowest BCUT2D eigenvalue weighted by Crippen LogP contribution is -2.45. The maximum Gasteiger partial charge on any atom is 0.220 e. The van der Waals surface area contributed by atoms with Crippen molar-refractivity contribution in [1.82, 2.24) is 5.32 Å². The highest BCUT2D eigenvalue weighted by Crippen LogP contribution is 2.18. The predicted molar refractivity (Wildman–Crippen MR) is 290 cm³/mol. The van der Waals surface area contributed by atoms with E-state index in [2.05, 4.69) is 43.5 Å². The number of nitrogens with one attached hydrogen (secondary N) is 1. The van der Waals surface area contributed by atoms with Crippen LogP contribution in [0.4, 0.5) is 0 Å². The summed E-state index contributed by atoms with van der Waals surface area (Å²) in [5.74, 6) is -0.0591. The fraction of sp³-hybridized carbons (Fsp3) is 0.885. The highest BCUT2D eigenvalue weighted by Gasteiger charge is 2.18. The van der Waals surface area contributed by atoms with E-state index < -0.39 is 12.1 Å². The van der Waals surface area contributed by atoms with E-state index in [9.17, 15) is 15.0 Å². The molecule has 0 radical (unpaired) electrons. The Labute approximate surface area is 408 Å². The topological polar surface area (TPSA) is 69.6 Å². The summed E-state index contributed by atoms with van der Waals surface area (Å²) < 4.78 is 0. The Bertz CT molecular complexity index is 989. The summed E-state index contributed by atoms with van der Waals surface area (Å²) in [4.78, 5) is 12.4. The number of carbonyl (C=O) groups excluding carboxylic acids is 1. The predicted octanol–water partition coefficient (Wildman–Crippen LogP) is 19.6. The summed E-state index contributed by atoms with van der Waals surface area (Å²) in [6.45, 7) is 4.31. The van der Waals surface area contributed by atoms with Gasteiger partial charge in [0.05, 0.1) is 18.8 Å². The van der Waals surface area contributed by atoms with Crippen LogP contribution >= 0.6 is 0 Å². The third-order valence-corrected chi connectivity index (χ3v) is 13.9. The Morgan fingerprint density at radius 2 is 0.631 bits per heavy atom. The van der Waals surface area contributed by atoms with E-state index in [1.54, 1.807) is 6.08 Å². The van der Waals surface area contributed by atoms with Crippen LogP contribution in [0.25, 0.3) is 0 Å². The van der Waals surface area contributed by atoms with Gasteiger partial charge in [0.1, 0.15) is 0 Å². The first-order valence-electron chi connectivity index (χ1n) is 29.7. The molecule has 65 heavy (non-hydrogen) atoms. The third-order valence-electron chi connectivity index (χ3n) is 13.9. The van der Waals surface area contributed by atoms with E-state index in [1.807, 2.05) is 6.08 Å². The molecule has 1 amide bonds. The van der Waals surface area contributed by atoms with E-state index in [4.69, 9.17) is 0 Å². The van der Waals surface area contributed by atoms with Crippen LogP contribution in [0.2, 0.25) is 0 Å². The van der Waals surface area contributed by atoms with Crippen LogP contribution < -0.4 is 5.32 Å². The fourth-order valence-corrected chi connectivity index (χ4v) is 9.33. The van der Waals surface area contributed by atoms with Gasteiger partial charge in [-0.15, -0.1) is 0 Å². The zero-order chi connectivity index (χ0) is 47.0. The standard InChI is InChI=1S/C61H117NO3/c1-3-5-7-9-11-13-15-17-18-19-20-21-22-23-24-25-26-27-28-29-30-31-32-33-34-35-36-37-38-39-40-41-42-43-44-45-47-49-51-53-55-57-61(65)62-59(58-63)60(64)56-54-52-50-48-46-16-14-12-10-8-6-4-2/h15,17,19-20,54,56,59-60,63-64H,3-14,16,18,21-53,55,57-58H2,1-2H3,(H,62,65)/b17-15-,20-19-,56-54+. The van der Waals surface area contributed by atoms with Crippen molar-refractivity contribution in [1.29, 1.82) is 0 Å². The molecule has 2 unspecified atom stereocenters. The maximum atomic E-state index is 12.4. The summed E-state index contributed by atoms with van der Waals surface area (Å²) >= 11 is 0. The molecule has 0 rings (SSSR count). The zero-order valence-corrected chi connectivity index (χ0v) is 44.3. The molecule has 0 heterocycles. The normalized spacial score (nSPS) is 13.0. The van der Waals surface area contributed by atoms with Gasteiger partial charge in [-0.1, -0.05) is 307 Å². The van der Waals surface area contributed by atoms with Crippen molar-refractivity contribution in [3.05, 3.63) is 36.5 Å². The monoisotopic (exact) mass is 912 g/mol. The second-order valence-electron chi connectivity index (χ2n) is 20.4. The average Bonchev–Trinajstić information content (AvgIpc) is 3.31. The van der Waals surface area contributed by atoms with E-state index in [0.717, 1.165) is 32.1 Å². The molecule has 0 fully saturated rings. The first kappa shape index (κ1) is 63.6. The second kappa shape index (κ2) is 56.9. The van der Waals surface area contributed by atoms with Crippen molar-refractivity contribution in [3.8, 4) is 0 Å². The molecule has 0 saturated heterocycles. The number of unbranched alkanes of at least 4 members (excludes halogenated alkanes) is 44. The number of aliphatic hydroxyl groups excluding tert-OH is 2. The van der Waals surface area contributed by atoms with Gasteiger partial charge in [0.25, 0.3) is 0 Å². The molecule has 0 aliphatic rings. The van der Waals surface area contributed by atoms with E-state index in [-0.39, 0.29) is 12.5 Å². The Balaban J connectivity index is 3.34. The largest absolute Gasteiger partial charge is 0.394 e. The van der Waals surface area contributed by atoms with Gasteiger partial charge in [0.15, 0.2) is 0 Å². The van der Waals surface area contributed by atoms with Gasteiger partial charge in [0.2, 0.25) is 5.91 Å². The Morgan fingerprint density at radius 3 is 0.923 bits per heavy atom. The lowest BCUT2D eigenvalue weighted by atomic mass is 10.0. The SMILES string of the molecule is CCCCCCC/C=C\C/C=C\CCCCCCCCCCCCCCCCCCCCCCCCCCCCCCCC(=O)NC(CO)C(O)/C=C/CCCCCCCCCCCC. The summed E-state index contributed by atoms with van der Waals surface area (Å²) in [5, 5.41) is 23.1. The average molecular weight is 913 g/mol. The quantitative estimate of drug-likeness (QED) is 0.0421. The first-order valence-corrected chi connectivity index (χ1v) is 29.7. The third kappa shape index (κ3) is 53.4. The number of hydrogen-bond acceptors (Lipinski definition) is 3. The van der Waals surface area contributed by atoms with Crippen LogP contribution in [0.1, 0.15) is 328 Å². The van der Waals surface area contributed by atoms with Crippen LogP contribution in [0.3, 0.4) is 0 Å². The van der Waals surface area contributed by atoms with Crippen LogP contribution in [0.5, 0.6) is 0 Å². The lowest BCUT2D eigenvalue weighted by Gasteiger charge is -2.20. The minimum absolute atomic E-state index is 0.0591. The molecule has 4 nitrogen and oxygen atoms in total. The molecular weight excluding hydrogens is 795 g/mol. The number of amides is 1. The van der Waals surface area contributed by atoms with Gasteiger partial charge in [0, 0.05) is 6.42 Å². The van der Waals surface area contributed by atoms with Crippen molar-refractivity contribution in [2.75, 3.05) is 6.61 Å². The Kier molecular flexibility index (Phi) is 55.7. The number of hydrogen-bond donors (Lipinski definition) is 3. The number of allylic oxidation sites excluding steroid dienone is 5. The Morgan fingerprint density at radius 1 is 0.369 bits per heavy atom. The molecule has 0 saturated carbocycles. The Hall–Kier alpha value is -1.39. The van der Waals surface area contributed by atoms with E-state index in [0.29, 0.717) is 6.42 Å². The van der Waals surface area contributed by atoms with E-state index >= 15 is 0 Å². The molecule has 0 spiro atoms. The molecule has 2 atom stereocenters. The van der Waals surface area contributed by atoms with Gasteiger partial charge in [-0.3, -0.25) is 4.79 Å². The zero-order valence-electron chi connectivity index (χ0n) is 44.3. The van der Waals surface area contributed by atoms with E-state index in [1.165, 1.54) is 276 Å². The second-order valence-corrected chi connectivity index (χ2v) is 20.4. The molecule has 0 bridgehead atoms. The summed E-state index contributed by atoms with van der Waals surface area (Å²) in [6.07, 6.45) is 77.7. The van der Waals surface area contributed by atoms with Gasteiger partial charge in [-0.2, -0.15) is 0 Å². The minimum Gasteiger partial charge on any atom is -0.394 e. The molecule has 0 aliphatic carbocycles. The highest BCUT2D eigenvalue weighted by molar-refractivity contribution is 5.76. The number of carbonyl (C=O) groups is 1. The van der Waals surface area contributed by atoms with Crippen LogP contribution in [-0.2, 0) is 4.79 Å². The van der Waals surface area contributed by atoms with Crippen LogP contribution in [-0.4, -0.2) is 34.9 Å². The summed E-state index contributed by atoms with van der Waals surface area (Å²) in [7, 11) is 0. The molecule has 0 aliphatic heterocycles. The molecule has 4 heteroatoms.